The number of para-hydroxylation sites is 1. The van der Waals surface area contributed by atoms with Crippen LogP contribution in [0.4, 0.5) is 5.69 Å². The Bertz CT molecular complexity index is 625. The molecular weight excluding hydrogens is 324 g/mol. The Morgan fingerprint density at radius 2 is 1.62 bits per heavy atom. The first kappa shape index (κ1) is 19.2. The Hall–Kier alpha value is -1.11. The Morgan fingerprint density at radius 1 is 1.08 bits per heavy atom. The number of piperidine rings is 1. The lowest BCUT2D eigenvalue weighted by molar-refractivity contribution is -0.277. The molecule has 0 aliphatic carbocycles. The summed E-state index contributed by atoms with van der Waals surface area (Å²) < 4.78 is 26.4. The summed E-state index contributed by atoms with van der Waals surface area (Å²) in [6.07, 6.45) is 3.26. The van der Waals surface area contributed by atoms with Gasteiger partial charge in [-0.1, -0.05) is 18.2 Å². The van der Waals surface area contributed by atoms with Gasteiger partial charge in [-0.3, -0.25) is 9.14 Å². The molecule has 0 amide bonds. The number of hydroxylamine groups is 2. The van der Waals surface area contributed by atoms with E-state index in [1.807, 2.05) is 23.3 Å². The van der Waals surface area contributed by atoms with E-state index in [-0.39, 0.29) is 23.4 Å². The summed E-state index contributed by atoms with van der Waals surface area (Å²) in [7, 11) is -1.82. The summed E-state index contributed by atoms with van der Waals surface area (Å²) >= 11 is 0. The molecule has 0 aromatic heterocycles. The number of rotatable bonds is 6. The molecule has 0 N–H and O–H groups in total. The molecule has 5 nitrogen and oxygen atoms in total. The quantitative estimate of drug-likeness (QED) is 0.785. The molecule has 136 valence electrons. The van der Waals surface area contributed by atoms with Gasteiger partial charge in [0, 0.05) is 18.1 Å². The van der Waals surface area contributed by atoms with Crippen molar-refractivity contribution in [2.75, 3.05) is 23.7 Å². The SMILES string of the molecule is CN(c1ccccc1)S(=O)(=O)CCON1C(C)(C)CCCC1(C)C. The molecule has 0 radical (unpaired) electrons. The van der Waals surface area contributed by atoms with Gasteiger partial charge >= 0.3 is 0 Å². The average Bonchev–Trinajstić information content (AvgIpc) is 2.49. The van der Waals surface area contributed by atoms with Gasteiger partial charge < -0.3 is 0 Å². The van der Waals surface area contributed by atoms with Crippen LogP contribution in [0.3, 0.4) is 0 Å². The fraction of sp³-hybridized carbons (Fsp3) is 0.667. The van der Waals surface area contributed by atoms with Crippen molar-refractivity contribution in [1.29, 1.82) is 0 Å². The van der Waals surface area contributed by atoms with Gasteiger partial charge in [-0.2, -0.15) is 5.06 Å². The number of hydrogen-bond donors (Lipinski definition) is 0. The minimum Gasteiger partial charge on any atom is -0.297 e. The van der Waals surface area contributed by atoms with Gasteiger partial charge in [-0.15, -0.1) is 0 Å². The molecule has 1 saturated heterocycles. The Labute approximate surface area is 146 Å². The first-order valence-corrected chi connectivity index (χ1v) is 10.1. The van der Waals surface area contributed by atoms with Crippen LogP contribution in [0.5, 0.6) is 0 Å². The lowest BCUT2D eigenvalue weighted by atomic mass is 9.82. The molecule has 1 aliphatic heterocycles. The second-order valence-corrected chi connectivity index (χ2v) is 9.84. The molecule has 1 aliphatic rings. The maximum Gasteiger partial charge on any atom is 0.237 e. The van der Waals surface area contributed by atoms with Crippen molar-refractivity contribution < 1.29 is 13.3 Å². The largest absolute Gasteiger partial charge is 0.297 e. The highest BCUT2D eigenvalue weighted by molar-refractivity contribution is 7.92. The molecule has 0 bridgehead atoms. The highest BCUT2D eigenvalue weighted by atomic mass is 32.2. The normalized spacial score (nSPS) is 20.7. The minimum atomic E-state index is -3.41. The smallest absolute Gasteiger partial charge is 0.237 e. The highest BCUT2D eigenvalue weighted by Gasteiger charge is 2.42. The van der Waals surface area contributed by atoms with Gasteiger partial charge in [0.25, 0.3) is 0 Å². The summed E-state index contributed by atoms with van der Waals surface area (Å²) in [4.78, 5) is 5.96. The summed E-state index contributed by atoms with van der Waals surface area (Å²) in [6.45, 7) is 8.76. The van der Waals surface area contributed by atoms with E-state index in [0.29, 0.717) is 5.69 Å². The number of anilines is 1. The van der Waals surface area contributed by atoms with Crippen LogP contribution in [0.25, 0.3) is 0 Å². The van der Waals surface area contributed by atoms with Crippen molar-refractivity contribution in [3.05, 3.63) is 30.3 Å². The molecule has 0 spiro atoms. The van der Waals surface area contributed by atoms with Crippen LogP contribution in [-0.4, -0.2) is 44.0 Å². The van der Waals surface area contributed by atoms with E-state index < -0.39 is 10.0 Å². The second kappa shape index (κ2) is 7.02. The summed E-state index contributed by atoms with van der Waals surface area (Å²) in [6, 6.07) is 9.10. The lowest BCUT2D eigenvalue weighted by Gasteiger charge is -2.51. The summed E-state index contributed by atoms with van der Waals surface area (Å²) in [5, 5.41) is 2.00. The minimum absolute atomic E-state index is 0.0406. The third-order valence-electron chi connectivity index (χ3n) is 4.78. The fourth-order valence-electron chi connectivity index (χ4n) is 3.49. The van der Waals surface area contributed by atoms with Crippen molar-refractivity contribution >= 4 is 15.7 Å². The summed E-state index contributed by atoms with van der Waals surface area (Å²) in [5.74, 6) is -0.0406. The van der Waals surface area contributed by atoms with Crippen molar-refractivity contribution in [1.82, 2.24) is 5.06 Å². The molecule has 1 heterocycles. The van der Waals surface area contributed by atoms with Gasteiger partial charge in [-0.05, 0) is 59.1 Å². The molecule has 0 saturated carbocycles. The van der Waals surface area contributed by atoms with Crippen LogP contribution in [0.2, 0.25) is 0 Å². The van der Waals surface area contributed by atoms with Gasteiger partial charge in [-0.25, -0.2) is 8.42 Å². The van der Waals surface area contributed by atoms with Crippen LogP contribution >= 0.6 is 0 Å². The molecule has 0 unspecified atom stereocenters. The molecular formula is C18H30N2O3S. The molecule has 1 fully saturated rings. The summed E-state index contributed by atoms with van der Waals surface area (Å²) in [5.41, 5.74) is 0.490. The monoisotopic (exact) mass is 354 g/mol. The number of hydrogen-bond acceptors (Lipinski definition) is 4. The van der Waals surface area contributed by atoms with Gasteiger partial charge in [0.1, 0.15) is 0 Å². The van der Waals surface area contributed by atoms with E-state index in [2.05, 4.69) is 27.7 Å². The van der Waals surface area contributed by atoms with Crippen molar-refractivity contribution in [3.63, 3.8) is 0 Å². The zero-order valence-corrected chi connectivity index (χ0v) is 16.3. The third kappa shape index (κ3) is 4.29. The van der Waals surface area contributed by atoms with Crippen LogP contribution in [0.1, 0.15) is 47.0 Å². The molecule has 1 aromatic carbocycles. The lowest BCUT2D eigenvalue weighted by Crippen LogP contribution is -2.58. The number of nitrogens with zero attached hydrogens (tertiary/aromatic N) is 2. The molecule has 6 heteroatoms. The van der Waals surface area contributed by atoms with Crippen LogP contribution in [0.15, 0.2) is 30.3 Å². The Morgan fingerprint density at radius 3 is 2.17 bits per heavy atom. The zero-order chi connectivity index (χ0) is 18.0. The standard InChI is InChI=1S/C18H30N2O3S/c1-17(2)12-9-13-18(3,4)20(17)23-14-15-24(21,22)19(5)16-10-7-6-8-11-16/h6-8,10-11H,9,12-15H2,1-5H3. The van der Waals surface area contributed by atoms with Gasteiger partial charge in [0.15, 0.2) is 0 Å². The van der Waals surface area contributed by atoms with E-state index in [1.54, 1.807) is 19.2 Å². The van der Waals surface area contributed by atoms with Crippen LogP contribution in [0, 0.1) is 0 Å². The van der Waals surface area contributed by atoms with E-state index in [0.717, 1.165) is 19.3 Å². The molecule has 2 rings (SSSR count). The predicted molar refractivity (Wildman–Crippen MR) is 98.4 cm³/mol. The van der Waals surface area contributed by atoms with Crippen molar-refractivity contribution in [3.8, 4) is 0 Å². The highest BCUT2D eigenvalue weighted by Crippen LogP contribution is 2.38. The van der Waals surface area contributed by atoms with E-state index >= 15 is 0 Å². The van der Waals surface area contributed by atoms with E-state index in [9.17, 15) is 8.42 Å². The maximum atomic E-state index is 12.5. The first-order valence-electron chi connectivity index (χ1n) is 8.51. The number of benzene rings is 1. The van der Waals surface area contributed by atoms with E-state index in [4.69, 9.17) is 4.84 Å². The second-order valence-electron chi connectivity index (χ2n) is 7.73. The van der Waals surface area contributed by atoms with Gasteiger partial charge in [0.05, 0.1) is 18.0 Å². The fourth-order valence-corrected chi connectivity index (χ4v) is 4.50. The zero-order valence-electron chi connectivity index (χ0n) is 15.4. The predicted octanol–water partition coefficient (Wildman–Crippen LogP) is 3.43. The maximum absolute atomic E-state index is 12.5. The molecule has 24 heavy (non-hydrogen) atoms. The van der Waals surface area contributed by atoms with Crippen LogP contribution < -0.4 is 4.31 Å². The van der Waals surface area contributed by atoms with Crippen molar-refractivity contribution in [2.24, 2.45) is 0 Å². The topological polar surface area (TPSA) is 49.9 Å². The molecule has 1 aromatic rings. The Kier molecular flexibility index (Phi) is 5.62. The van der Waals surface area contributed by atoms with E-state index in [1.165, 1.54) is 4.31 Å². The van der Waals surface area contributed by atoms with Crippen LogP contribution in [-0.2, 0) is 14.9 Å². The number of sulfonamides is 1. The molecule has 0 atom stereocenters. The first-order chi connectivity index (χ1) is 11.1. The average molecular weight is 355 g/mol. The van der Waals surface area contributed by atoms with Crippen molar-refractivity contribution in [2.45, 2.75) is 58.0 Å². The van der Waals surface area contributed by atoms with Gasteiger partial charge in [0.2, 0.25) is 10.0 Å². The third-order valence-corrected chi connectivity index (χ3v) is 6.50. The Balaban J connectivity index is 1.99.